The molecule has 110 valence electrons. The van der Waals surface area contributed by atoms with Crippen LogP contribution >= 0.6 is 0 Å². The molecule has 3 nitrogen and oxygen atoms in total. The third-order valence-electron chi connectivity index (χ3n) is 4.94. The third kappa shape index (κ3) is 2.16. The Morgan fingerprint density at radius 3 is 2.24 bits per heavy atom. The lowest BCUT2D eigenvalue weighted by Gasteiger charge is -2.41. The second-order valence-corrected chi connectivity index (χ2v) is 6.17. The second-order valence-electron chi connectivity index (χ2n) is 6.17. The molecule has 4 rings (SSSR count). The maximum Gasteiger partial charge on any atom is 0.168 e. The van der Waals surface area contributed by atoms with Crippen molar-refractivity contribution in [2.24, 2.45) is 0 Å². The largest absolute Gasteiger partial charge is 0.385 e. The SMILES string of the molecule is OC1(c2cccc3ccccc23)CCC2(CC1)OCCO2. The minimum atomic E-state index is -0.776. The molecule has 0 radical (unpaired) electrons. The highest BCUT2D eigenvalue weighted by molar-refractivity contribution is 5.86. The summed E-state index contributed by atoms with van der Waals surface area (Å²) in [4.78, 5) is 0. The highest BCUT2D eigenvalue weighted by Crippen LogP contribution is 2.46. The minimum absolute atomic E-state index is 0.434. The summed E-state index contributed by atoms with van der Waals surface area (Å²) in [5, 5.41) is 13.5. The van der Waals surface area contributed by atoms with E-state index >= 15 is 0 Å². The summed E-state index contributed by atoms with van der Waals surface area (Å²) in [6, 6.07) is 14.4. The normalized spacial score (nSPS) is 23.7. The predicted molar refractivity (Wildman–Crippen MR) is 80.9 cm³/mol. The molecule has 1 aliphatic heterocycles. The van der Waals surface area contributed by atoms with E-state index < -0.39 is 11.4 Å². The lowest BCUT2D eigenvalue weighted by molar-refractivity contribution is -0.204. The van der Waals surface area contributed by atoms with Crippen LogP contribution in [0.4, 0.5) is 0 Å². The number of hydrogen-bond donors (Lipinski definition) is 1. The van der Waals surface area contributed by atoms with E-state index in [9.17, 15) is 5.11 Å². The number of fused-ring (bicyclic) bond motifs is 1. The standard InChI is InChI=1S/C18H20O3/c19-17(8-10-18(11-9-17)20-12-13-21-18)16-7-3-5-14-4-1-2-6-15(14)16/h1-7,19H,8-13H2. The molecule has 2 aromatic carbocycles. The van der Waals surface area contributed by atoms with Gasteiger partial charge in [-0.3, -0.25) is 0 Å². The van der Waals surface area contributed by atoms with Gasteiger partial charge in [-0.25, -0.2) is 0 Å². The molecule has 1 saturated carbocycles. The summed E-state index contributed by atoms with van der Waals surface area (Å²) in [5.74, 6) is -0.434. The van der Waals surface area contributed by atoms with Gasteiger partial charge in [-0.1, -0.05) is 42.5 Å². The number of benzene rings is 2. The molecule has 1 aliphatic carbocycles. The van der Waals surface area contributed by atoms with Crippen molar-refractivity contribution in [3.05, 3.63) is 48.0 Å². The van der Waals surface area contributed by atoms with E-state index in [1.165, 1.54) is 5.39 Å². The van der Waals surface area contributed by atoms with E-state index in [0.29, 0.717) is 26.1 Å². The van der Waals surface area contributed by atoms with Gasteiger partial charge < -0.3 is 14.6 Å². The molecule has 3 heteroatoms. The molecule has 2 aliphatic rings. The summed E-state index contributed by atoms with van der Waals surface area (Å²) in [6.07, 6.45) is 2.88. The van der Waals surface area contributed by atoms with Crippen molar-refractivity contribution >= 4 is 10.8 Å². The van der Waals surface area contributed by atoms with Crippen LogP contribution in [-0.2, 0) is 15.1 Å². The van der Waals surface area contributed by atoms with Crippen molar-refractivity contribution in [1.82, 2.24) is 0 Å². The lowest BCUT2D eigenvalue weighted by Crippen LogP contribution is -2.42. The first-order valence-electron chi connectivity index (χ1n) is 7.69. The predicted octanol–water partition coefficient (Wildman–Crippen LogP) is 3.34. The molecular weight excluding hydrogens is 264 g/mol. The van der Waals surface area contributed by atoms with Crippen LogP contribution < -0.4 is 0 Å². The highest BCUT2D eigenvalue weighted by atomic mass is 16.7. The topological polar surface area (TPSA) is 38.7 Å². The number of rotatable bonds is 1. The molecule has 1 heterocycles. The Bertz CT molecular complexity index is 643. The van der Waals surface area contributed by atoms with Gasteiger partial charge in [0, 0.05) is 12.8 Å². The van der Waals surface area contributed by atoms with Crippen LogP contribution in [0.1, 0.15) is 31.2 Å². The Hall–Kier alpha value is -1.42. The lowest BCUT2D eigenvalue weighted by atomic mass is 9.75. The van der Waals surface area contributed by atoms with E-state index in [1.54, 1.807) is 0 Å². The fourth-order valence-corrected chi connectivity index (χ4v) is 3.73. The van der Waals surface area contributed by atoms with Crippen molar-refractivity contribution in [3.8, 4) is 0 Å². The summed E-state index contributed by atoms with van der Waals surface area (Å²) >= 11 is 0. The molecular formula is C18H20O3. The maximum atomic E-state index is 11.2. The number of ether oxygens (including phenoxy) is 2. The Balaban J connectivity index is 1.69. The second kappa shape index (κ2) is 4.80. The monoisotopic (exact) mass is 284 g/mol. The van der Waals surface area contributed by atoms with Gasteiger partial charge in [0.05, 0.1) is 18.8 Å². The quantitative estimate of drug-likeness (QED) is 0.873. The Morgan fingerprint density at radius 1 is 0.810 bits per heavy atom. The zero-order valence-corrected chi connectivity index (χ0v) is 12.0. The van der Waals surface area contributed by atoms with Gasteiger partial charge in [0.1, 0.15) is 0 Å². The van der Waals surface area contributed by atoms with Gasteiger partial charge in [0.2, 0.25) is 0 Å². The highest BCUT2D eigenvalue weighted by Gasteiger charge is 2.46. The van der Waals surface area contributed by atoms with Crippen molar-refractivity contribution < 1.29 is 14.6 Å². The maximum absolute atomic E-state index is 11.2. The fourth-order valence-electron chi connectivity index (χ4n) is 3.73. The van der Waals surface area contributed by atoms with Gasteiger partial charge in [-0.05, 0) is 29.2 Å². The molecule has 0 bridgehead atoms. The van der Waals surface area contributed by atoms with Crippen LogP contribution in [0.3, 0.4) is 0 Å². The molecule has 2 fully saturated rings. The average Bonchev–Trinajstić information content (AvgIpc) is 2.99. The van der Waals surface area contributed by atoms with Crippen LogP contribution in [0.2, 0.25) is 0 Å². The molecule has 1 saturated heterocycles. The first-order valence-corrected chi connectivity index (χ1v) is 7.69. The summed E-state index contributed by atoms with van der Waals surface area (Å²) in [7, 11) is 0. The number of hydrogen-bond acceptors (Lipinski definition) is 3. The summed E-state index contributed by atoms with van der Waals surface area (Å²) < 4.78 is 11.5. The zero-order chi connectivity index (χ0) is 14.3. The van der Waals surface area contributed by atoms with Crippen LogP contribution in [0, 0.1) is 0 Å². The van der Waals surface area contributed by atoms with Crippen LogP contribution in [0.5, 0.6) is 0 Å². The number of aliphatic hydroxyl groups is 1. The van der Waals surface area contributed by atoms with Crippen LogP contribution in [0.15, 0.2) is 42.5 Å². The Kier molecular flexibility index (Phi) is 3.03. The molecule has 21 heavy (non-hydrogen) atoms. The van der Waals surface area contributed by atoms with E-state index in [0.717, 1.165) is 23.8 Å². The first kappa shape index (κ1) is 13.3. The van der Waals surface area contributed by atoms with E-state index in [-0.39, 0.29) is 0 Å². The van der Waals surface area contributed by atoms with Crippen LogP contribution in [0.25, 0.3) is 10.8 Å². The molecule has 0 aromatic heterocycles. The molecule has 1 N–H and O–H groups in total. The third-order valence-corrected chi connectivity index (χ3v) is 4.94. The zero-order valence-electron chi connectivity index (χ0n) is 12.0. The van der Waals surface area contributed by atoms with Gasteiger partial charge in [0.15, 0.2) is 5.79 Å². The minimum Gasteiger partial charge on any atom is -0.385 e. The van der Waals surface area contributed by atoms with Crippen LogP contribution in [-0.4, -0.2) is 24.1 Å². The van der Waals surface area contributed by atoms with E-state index in [1.807, 2.05) is 18.2 Å². The Morgan fingerprint density at radius 2 is 1.48 bits per heavy atom. The Labute approximate surface area is 124 Å². The smallest absolute Gasteiger partial charge is 0.168 e. The van der Waals surface area contributed by atoms with E-state index in [2.05, 4.69) is 24.3 Å². The molecule has 0 unspecified atom stereocenters. The summed E-state index contributed by atoms with van der Waals surface area (Å²) in [6.45, 7) is 1.35. The molecule has 0 amide bonds. The van der Waals surface area contributed by atoms with Gasteiger partial charge in [-0.2, -0.15) is 0 Å². The average molecular weight is 284 g/mol. The van der Waals surface area contributed by atoms with E-state index in [4.69, 9.17) is 9.47 Å². The molecule has 2 aromatic rings. The van der Waals surface area contributed by atoms with Crippen molar-refractivity contribution in [3.63, 3.8) is 0 Å². The first-order chi connectivity index (χ1) is 10.2. The molecule has 1 spiro atoms. The van der Waals surface area contributed by atoms with Crippen molar-refractivity contribution in [2.75, 3.05) is 13.2 Å². The molecule has 0 atom stereocenters. The van der Waals surface area contributed by atoms with Crippen molar-refractivity contribution in [2.45, 2.75) is 37.1 Å². The van der Waals surface area contributed by atoms with Gasteiger partial charge in [0.25, 0.3) is 0 Å². The summed E-state index contributed by atoms with van der Waals surface area (Å²) in [5.41, 5.74) is 0.259. The van der Waals surface area contributed by atoms with Gasteiger partial charge >= 0.3 is 0 Å². The van der Waals surface area contributed by atoms with Gasteiger partial charge in [-0.15, -0.1) is 0 Å². The van der Waals surface area contributed by atoms with Crippen molar-refractivity contribution in [1.29, 1.82) is 0 Å². The fraction of sp³-hybridized carbons (Fsp3) is 0.444.